The predicted octanol–water partition coefficient (Wildman–Crippen LogP) is 10.8. The van der Waals surface area contributed by atoms with Crippen LogP contribution in [-0.2, 0) is 6.42 Å². The maximum atomic E-state index is 10.4. The monoisotopic (exact) mass is 612 g/mol. The van der Waals surface area contributed by atoms with Crippen LogP contribution in [0.25, 0.3) is 72.4 Å². The van der Waals surface area contributed by atoms with E-state index in [0.29, 0.717) is 11.1 Å². The molecule has 0 bridgehead atoms. The lowest BCUT2D eigenvalue weighted by molar-refractivity contribution is 0.889. The Morgan fingerprint density at radius 2 is 1.25 bits per heavy atom. The lowest BCUT2D eigenvalue weighted by Crippen LogP contribution is -2.05. The van der Waals surface area contributed by atoms with Crippen LogP contribution in [0.2, 0.25) is 0 Å². The Kier molecular flexibility index (Phi) is 6.35. The van der Waals surface area contributed by atoms with Crippen molar-refractivity contribution in [3.05, 3.63) is 162 Å². The molecule has 4 nitrogen and oxygen atoms in total. The number of hydrogen-bond donors (Lipinski definition) is 0. The Morgan fingerprint density at radius 1 is 0.542 bits per heavy atom. The minimum Gasteiger partial charge on any atom is -0.312 e. The first kappa shape index (κ1) is 27.7. The fourth-order valence-corrected chi connectivity index (χ4v) is 7.55. The average Bonchev–Trinajstić information content (AvgIpc) is 3.67. The molecule has 0 radical (unpaired) electrons. The van der Waals surface area contributed by atoms with E-state index in [9.17, 15) is 10.5 Å². The van der Waals surface area contributed by atoms with Gasteiger partial charge in [0.15, 0.2) is 0 Å². The van der Waals surface area contributed by atoms with Crippen molar-refractivity contribution >= 4 is 38.8 Å². The summed E-state index contributed by atoms with van der Waals surface area (Å²) in [5.74, 6) is 0. The highest BCUT2D eigenvalue weighted by molar-refractivity contribution is 6.09. The molecule has 2 heterocycles. The lowest BCUT2D eigenvalue weighted by atomic mass is 9.94. The van der Waals surface area contributed by atoms with Crippen molar-refractivity contribution in [2.75, 3.05) is 0 Å². The smallest absolute Gasteiger partial charge is 0.0998 e. The number of nitriles is 2. The molecule has 0 atom stereocenters. The van der Waals surface area contributed by atoms with Crippen LogP contribution >= 0.6 is 0 Å². The molecule has 0 saturated carbocycles. The number of rotatable bonds is 4. The Bertz CT molecular complexity index is 2630. The fourth-order valence-electron chi connectivity index (χ4n) is 7.55. The number of para-hydroxylation sites is 2. The van der Waals surface area contributed by atoms with Gasteiger partial charge in [0.05, 0.1) is 45.5 Å². The van der Waals surface area contributed by atoms with Crippen LogP contribution in [0.4, 0.5) is 0 Å². The van der Waals surface area contributed by atoms with E-state index < -0.39 is 0 Å². The highest BCUT2D eigenvalue weighted by Crippen LogP contribution is 2.40. The van der Waals surface area contributed by atoms with Crippen molar-refractivity contribution in [3.63, 3.8) is 0 Å². The van der Waals surface area contributed by atoms with Crippen molar-refractivity contribution in [1.29, 1.82) is 10.5 Å². The van der Waals surface area contributed by atoms with E-state index in [1.165, 1.54) is 27.5 Å². The summed E-state index contributed by atoms with van der Waals surface area (Å²) in [5.41, 5.74) is 13.2. The standard InChI is InChI=1S/C44H28N4/c45-27-29-19-24-42-38(25-29)37-14-3-6-17-41(37)48(42)43-18-8-11-33(28-46)44(43)32-10-7-9-31(26-32)30-20-22-34(23-21-30)47-39-15-4-1-12-35(39)36-13-2-5-16-40(36)47/h1-5,7-16,18-26H,6,17H2. The molecule has 0 amide bonds. The largest absolute Gasteiger partial charge is 0.312 e. The third-order valence-electron chi connectivity index (χ3n) is 9.66. The quantitative estimate of drug-likeness (QED) is 0.199. The Morgan fingerprint density at radius 3 is 2.00 bits per heavy atom. The second-order valence-electron chi connectivity index (χ2n) is 12.3. The molecule has 9 rings (SSSR count). The van der Waals surface area contributed by atoms with E-state index in [4.69, 9.17) is 0 Å². The molecular weight excluding hydrogens is 585 g/mol. The normalized spacial score (nSPS) is 12.3. The van der Waals surface area contributed by atoms with Gasteiger partial charge in [-0.25, -0.2) is 0 Å². The van der Waals surface area contributed by atoms with Crippen LogP contribution < -0.4 is 0 Å². The molecular formula is C44H28N4. The number of allylic oxidation sites excluding steroid dienone is 1. The second kappa shape index (κ2) is 11.0. The first-order valence-corrected chi connectivity index (χ1v) is 16.2. The lowest BCUT2D eigenvalue weighted by Gasteiger charge is -2.19. The molecule has 48 heavy (non-hydrogen) atoms. The zero-order chi connectivity index (χ0) is 32.2. The Balaban J connectivity index is 1.18. The van der Waals surface area contributed by atoms with Crippen LogP contribution in [0.1, 0.15) is 28.8 Å². The highest BCUT2D eigenvalue weighted by Gasteiger charge is 2.22. The van der Waals surface area contributed by atoms with Gasteiger partial charge in [-0.15, -0.1) is 0 Å². The molecule has 2 aromatic heterocycles. The van der Waals surface area contributed by atoms with Crippen LogP contribution in [-0.4, -0.2) is 9.13 Å². The minimum absolute atomic E-state index is 0.627. The van der Waals surface area contributed by atoms with Crippen LogP contribution in [0.5, 0.6) is 0 Å². The summed E-state index contributed by atoms with van der Waals surface area (Å²) in [6, 6.07) is 51.0. The summed E-state index contributed by atoms with van der Waals surface area (Å²) in [6.45, 7) is 0. The molecule has 0 fully saturated rings. The summed E-state index contributed by atoms with van der Waals surface area (Å²) < 4.78 is 4.63. The summed E-state index contributed by atoms with van der Waals surface area (Å²) in [5, 5.41) is 23.6. The highest BCUT2D eigenvalue weighted by atomic mass is 15.0. The first-order chi connectivity index (χ1) is 23.7. The SMILES string of the molecule is N#Cc1ccc2c(c1)c1c(n2-c2cccc(C#N)c2-c2cccc(-c3ccc(-n4c5ccccc5c5ccccc54)cc3)c2)CCC=C1. The third kappa shape index (κ3) is 4.21. The maximum Gasteiger partial charge on any atom is 0.0998 e. The van der Waals surface area contributed by atoms with Crippen molar-refractivity contribution in [2.24, 2.45) is 0 Å². The molecule has 6 aromatic carbocycles. The van der Waals surface area contributed by atoms with E-state index in [1.807, 2.05) is 30.3 Å². The van der Waals surface area contributed by atoms with E-state index in [-0.39, 0.29) is 0 Å². The van der Waals surface area contributed by atoms with Gasteiger partial charge in [-0.05, 0) is 90.2 Å². The van der Waals surface area contributed by atoms with Crippen molar-refractivity contribution < 1.29 is 0 Å². The van der Waals surface area contributed by atoms with E-state index >= 15 is 0 Å². The number of benzene rings is 6. The van der Waals surface area contributed by atoms with E-state index in [0.717, 1.165) is 62.9 Å². The molecule has 224 valence electrons. The number of nitrogens with zero attached hydrogens (tertiary/aromatic N) is 4. The van der Waals surface area contributed by atoms with Crippen molar-refractivity contribution in [2.45, 2.75) is 12.8 Å². The molecule has 0 aliphatic heterocycles. The zero-order valence-electron chi connectivity index (χ0n) is 26.1. The Labute approximate surface area is 278 Å². The van der Waals surface area contributed by atoms with Gasteiger partial charge in [-0.1, -0.05) is 84.9 Å². The molecule has 0 saturated heterocycles. The van der Waals surface area contributed by atoms with Crippen molar-refractivity contribution in [1.82, 2.24) is 9.13 Å². The number of fused-ring (bicyclic) bond motifs is 6. The van der Waals surface area contributed by atoms with Gasteiger partial charge in [0.2, 0.25) is 0 Å². The average molecular weight is 613 g/mol. The van der Waals surface area contributed by atoms with Crippen molar-refractivity contribution in [3.8, 4) is 45.8 Å². The molecule has 1 aliphatic carbocycles. The second-order valence-corrected chi connectivity index (χ2v) is 12.3. The maximum absolute atomic E-state index is 10.4. The zero-order valence-corrected chi connectivity index (χ0v) is 26.1. The van der Waals surface area contributed by atoms with Gasteiger partial charge in [0.25, 0.3) is 0 Å². The first-order valence-electron chi connectivity index (χ1n) is 16.2. The van der Waals surface area contributed by atoms with Gasteiger partial charge >= 0.3 is 0 Å². The number of hydrogen-bond acceptors (Lipinski definition) is 2. The third-order valence-corrected chi connectivity index (χ3v) is 9.66. The van der Waals surface area contributed by atoms with Crippen LogP contribution in [0.15, 0.2) is 140 Å². The fraction of sp³-hybridized carbons (Fsp3) is 0.0455. The molecule has 0 spiro atoms. The minimum atomic E-state index is 0.627. The molecule has 0 unspecified atom stereocenters. The topological polar surface area (TPSA) is 57.4 Å². The molecule has 8 aromatic rings. The van der Waals surface area contributed by atoms with Crippen LogP contribution in [0, 0.1) is 22.7 Å². The molecule has 0 N–H and O–H groups in total. The van der Waals surface area contributed by atoms with Gasteiger partial charge in [0.1, 0.15) is 0 Å². The number of aromatic nitrogens is 2. The summed E-state index contributed by atoms with van der Waals surface area (Å²) >= 11 is 0. The van der Waals surface area contributed by atoms with Gasteiger partial charge in [-0.3, -0.25) is 0 Å². The predicted molar refractivity (Wildman–Crippen MR) is 195 cm³/mol. The Hall–Kier alpha value is -6.62. The van der Waals surface area contributed by atoms with E-state index in [2.05, 4.69) is 137 Å². The summed E-state index contributed by atoms with van der Waals surface area (Å²) in [6.07, 6.45) is 6.21. The van der Waals surface area contributed by atoms with Gasteiger partial charge < -0.3 is 9.13 Å². The van der Waals surface area contributed by atoms with E-state index in [1.54, 1.807) is 0 Å². The molecule has 4 heteroatoms. The van der Waals surface area contributed by atoms with Crippen LogP contribution in [0.3, 0.4) is 0 Å². The van der Waals surface area contributed by atoms with Gasteiger partial charge in [-0.2, -0.15) is 10.5 Å². The summed E-state index contributed by atoms with van der Waals surface area (Å²) in [7, 11) is 0. The van der Waals surface area contributed by atoms with Gasteiger partial charge in [0, 0.05) is 38.7 Å². The summed E-state index contributed by atoms with van der Waals surface area (Å²) in [4.78, 5) is 0. The molecule has 1 aliphatic rings.